The van der Waals surface area contributed by atoms with Crippen molar-refractivity contribution in [2.24, 2.45) is 0 Å². The molecule has 2 nitrogen and oxygen atoms in total. The molecular weight excluding hydrogens is 150 g/mol. The van der Waals surface area contributed by atoms with E-state index in [0.29, 0.717) is 0 Å². The molecule has 0 fully saturated rings. The zero-order valence-electron chi connectivity index (χ0n) is 6.95. The van der Waals surface area contributed by atoms with E-state index in [4.69, 9.17) is 4.84 Å². The van der Waals surface area contributed by atoms with Crippen LogP contribution in [0.5, 0.6) is 0 Å². The Balaban J connectivity index is 2.14. The first-order valence-corrected chi connectivity index (χ1v) is 3.94. The highest BCUT2D eigenvalue weighted by molar-refractivity contribution is 5.44. The monoisotopic (exact) mass is 160 g/mol. The van der Waals surface area contributed by atoms with Crippen molar-refractivity contribution in [2.75, 3.05) is 11.6 Å². The van der Waals surface area contributed by atoms with E-state index in [9.17, 15) is 0 Å². The Morgan fingerprint density at radius 1 is 1.33 bits per heavy atom. The third kappa shape index (κ3) is 1.28. The molecule has 0 aliphatic carbocycles. The number of hydrogen-bond acceptors (Lipinski definition) is 2. The molecule has 61 valence electrons. The van der Waals surface area contributed by atoms with Gasteiger partial charge in [0.1, 0.15) is 5.76 Å². The summed E-state index contributed by atoms with van der Waals surface area (Å²) in [5, 5.41) is 1.81. The van der Waals surface area contributed by atoms with Gasteiger partial charge < -0.3 is 4.84 Å². The average Bonchev–Trinajstić information content (AvgIpc) is 2.54. The highest BCUT2D eigenvalue weighted by atomic mass is 16.7. The van der Waals surface area contributed by atoms with Gasteiger partial charge in [-0.2, -0.15) is 0 Å². The van der Waals surface area contributed by atoms with E-state index in [-0.39, 0.29) is 0 Å². The fourth-order valence-electron chi connectivity index (χ4n) is 1.15. The zero-order valence-corrected chi connectivity index (χ0v) is 6.95. The van der Waals surface area contributed by atoms with Gasteiger partial charge in [0, 0.05) is 6.08 Å². The van der Waals surface area contributed by atoms with Crippen LogP contribution in [-0.2, 0) is 4.84 Å². The van der Waals surface area contributed by atoms with Crippen LogP contribution < -0.4 is 5.06 Å². The molecule has 0 bridgehead atoms. The molecule has 0 atom stereocenters. The van der Waals surface area contributed by atoms with Crippen molar-refractivity contribution in [1.29, 1.82) is 0 Å². The number of rotatable bonds is 1. The van der Waals surface area contributed by atoms with Crippen molar-refractivity contribution in [1.82, 2.24) is 0 Å². The van der Waals surface area contributed by atoms with E-state index < -0.39 is 0 Å². The second-order valence-corrected chi connectivity index (χ2v) is 2.70. The van der Waals surface area contributed by atoms with Gasteiger partial charge in [0.2, 0.25) is 0 Å². The summed E-state index contributed by atoms with van der Waals surface area (Å²) in [7, 11) is 0. The fourth-order valence-corrected chi connectivity index (χ4v) is 1.15. The van der Waals surface area contributed by atoms with Crippen molar-refractivity contribution >= 4 is 5.69 Å². The highest BCUT2D eigenvalue weighted by Crippen LogP contribution is 2.19. The fraction of sp³-hybridized carbons (Fsp3) is 0.200. The number of anilines is 1. The van der Waals surface area contributed by atoms with Gasteiger partial charge in [0.15, 0.2) is 0 Å². The number of hydroxylamine groups is 1. The second kappa shape index (κ2) is 2.89. The summed E-state index contributed by atoms with van der Waals surface area (Å²) in [6.07, 6.45) is 3.09. The Morgan fingerprint density at radius 3 is 2.67 bits per heavy atom. The predicted molar refractivity (Wildman–Crippen MR) is 47.3 cm³/mol. The van der Waals surface area contributed by atoms with Gasteiger partial charge in [-0.15, -0.1) is 0 Å². The molecule has 0 amide bonds. The summed E-state index contributed by atoms with van der Waals surface area (Å²) in [4.78, 5) is 5.39. The van der Waals surface area contributed by atoms with Crippen LogP contribution in [0.15, 0.2) is 36.1 Å². The quantitative estimate of drug-likeness (QED) is 0.624. The van der Waals surface area contributed by atoms with Crippen LogP contribution in [-0.4, -0.2) is 6.54 Å². The van der Waals surface area contributed by atoms with E-state index in [2.05, 4.69) is 6.08 Å². The standard InChI is InChI=1S/C10H10NO/c1-9-7-8-11(12-9)10-5-3-2-4-6-10/h2-6H,8H2,1H3. The lowest BCUT2D eigenvalue weighted by atomic mass is 10.3. The maximum Gasteiger partial charge on any atom is 0.134 e. The molecule has 0 aromatic heterocycles. The van der Waals surface area contributed by atoms with Crippen LogP contribution in [0.4, 0.5) is 5.69 Å². The van der Waals surface area contributed by atoms with Crippen LogP contribution in [0, 0.1) is 6.08 Å². The van der Waals surface area contributed by atoms with Gasteiger partial charge in [-0.3, -0.25) is 0 Å². The molecule has 1 aromatic rings. The van der Waals surface area contributed by atoms with E-state index in [1.54, 1.807) is 0 Å². The van der Waals surface area contributed by atoms with Gasteiger partial charge in [0.05, 0.1) is 12.2 Å². The SMILES string of the molecule is CC1=[C]CN(c2ccccc2)O1. The topological polar surface area (TPSA) is 12.5 Å². The zero-order chi connectivity index (χ0) is 8.39. The first kappa shape index (κ1) is 7.22. The number of hydrogen-bond donors (Lipinski definition) is 0. The number of allylic oxidation sites excluding steroid dienone is 1. The average molecular weight is 160 g/mol. The minimum absolute atomic E-state index is 0.718. The third-order valence-corrected chi connectivity index (χ3v) is 1.76. The summed E-state index contributed by atoms with van der Waals surface area (Å²) in [6.45, 7) is 2.62. The summed E-state index contributed by atoms with van der Waals surface area (Å²) >= 11 is 0. The molecule has 2 rings (SSSR count). The normalized spacial score (nSPS) is 15.8. The van der Waals surface area contributed by atoms with Crippen molar-refractivity contribution < 1.29 is 4.84 Å². The van der Waals surface area contributed by atoms with Crippen molar-refractivity contribution in [3.05, 3.63) is 42.2 Å². The minimum Gasteiger partial charge on any atom is -0.384 e. The van der Waals surface area contributed by atoms with Crippen LogP contribution in [0.25, 0.3) is 0 Å². The van der Waals surface area contributed by atoms with E-state index in [1.807, 2.05) is 42.3 Å². The van der Waals surface area contributed by atoms with Crippen LogP contribution in [0.2, 0.25) is 0 Å². The molecule has 2 heteroatoms. The van der Waals surface area contributed by atoms with Crippen molar-refractivity contribution in [3.63, 3.8) is 0 Å². The van der Waals surface area contributed by atoms with E-state index in [1.165, 1.54) is 0 Å². The molecular formula is C10H10NO. The molecule has 0 unspecified atom stereocenters. The van der Waals surface area contributed by atoms with Crippen molar-refractivity contribution in [3.8, 4) is 0 Å². The van der Waals surface area contributed by atoms with Gasteiger partial charge in [0.25, 0.3) is 0 Å². The summed E-state index contributed by atoms with van der Waals surface area (Å²) in [5.41, 5.74) is 1.07. The molecule has 0 saturated heterocycles. The first-order valence-electron chi connectivity index (χ1n) is 3.94. The van der Waals surface area contributed by atoms with E-state index in [0.717, 1.165) is 18.0 Å². The van der Waals surface area contributed by atoms with Gasteiger partial charge in [-0.1, -0.05) is 18.2 Å². The molecule has 0 saturated carbocycles. The number of benzene rings is 1. The Kier molecular flexibility index (Phi) is 1.74. The van der Waals surface area contributed by atoms with Crippen LogP contribution in [0.1, 0.15) is 6.92 Å². The second-order valence-electron chi connectivity index (χ2n) is 2.70. The maximum absolute atomic E-state index is 5.39. The summed E-state index contributed by atoms with van der Waals surface area (Å²) in [5.74, 6) is 0.846. The largest absolute Gasteiger partial charge is 0.384 e. The Hall–Kier alpha value is -1.44. The van der Waals surface area contributed by atoms with Crippen LogP contribution in [0.3, 0.4) is 0 Å². The first-order chi connectivity index (χ1) is 5.86. The highest BCUT2D eigenvalue weighted by Gasteiger charge is 2.12. The lowest BCUT2D eigenvalue weighted by molar-refractivity contribution is 0.214. The molecule has 0 spiro atoms. The molecule has 1 radical (unpaired) electrons. The maximum atomic E-state index is 5.39. The lowest BCUT2D eigenvalue weighted by Crippen LogP contribution is -2.16. The van der Waals surface area contributed by atoms with Gasteiger partial charge >= 0.3 is 0 Å². The third-order valence-electron chi connectivity index (χ3n) is 1.76. The Labute approximate surface area is 72.0 Å². The summed E-state index contributed by atoms with van der Waals surface area (Å²) < 4.78 is 0. The van der Waals surface area contributed by atoms with Crippen LogP contribution >= 0.6 is 0 Å². The molecule has 0 N–H and O–H groups in total. The Bertz CT molecular complexity index is 292. The van der Waals surface area contributed by atoms with Gasteiger partial charge in [-0.05, 0) is 19.1 Å². The smallest absolute Gasteiger partial charge is 0.134 e. The molecule has 1 aliphatic rings. The molecule has 1 aromatic carbocycles. The van der Waals surface area contributed by atoms with Crippen molar-refractivity contribution in [2.45, 2.75) is 6.92 Å². The van der Waals surface area contributed by atoms with E-state index >= 15 is 0 Å². The Morgan fingerprint density at radius 2 is 2.08 bits per heavy atom. The minimum atomic E-state index is 0.718. The predicted octanol–water partition coefficient (Wildman–Crippen LogP) is 2.15. The van der Waals surface area contributed by atoms with Gasteiger partial charge in [-0.25, -0.2) is 5.06 Å². The lowest BCUT2D eigenvalue weighted by Gasteiger charge is -2.16. The summed E-state index contributed by atoms with van der Waals surface area (Å²) in [6, 6.07) is 10.0. The number of para-hydroxylation sites is 1. The molecule has 1 heterocycles. The number of nitrogens with zero attached hydrogens (tertiary/aromatic N) is 1. The molecule has 1 aliphatic heterocycles. The molecule has 12 heavy (non-hydrogen) atoms.